The first-order chi connectivity index (χ1) is 46.9. The summed E-state index contributed by atoms with van der Waals surface area (Å²) in [5, 5.41) is 49.2. The van der Waals surface area contributed by atoms with Gasteiger partial charge in [0.1, 0.15) is 17.6 Å². The van der Waals surface area contributed by atoms with Gasteiger partial charge in [-0.2, -0.15) is 0 Å². The van der Waals surface area contributed by atoms with E-state index in [1.54, 1.807) is 12.1 Å². The minimum atomic E-state index is -4.98. The van der Waals surface area contributed by atoms with E-state index in [4.69, 9.17) is 25.9 Å². The first kappa shape index (κ1) is 68.6. The van der Waals surface area contributed by atoms with Crippen LogP contribution in [0, 0.1) is 59.2 Å². The van der Waals surface area contributed by atoms with Gasteiger partial charge in [-0.3, -0.25) is 0 Å². The Labute approximate surface area is 600 Å². The van der Waals surface area contributed by atoms with Crippen LogP contribution in [-0.4, -0.2) is 62.9 Å². The molecule has 0 spiro atoms. The molecule has 504 valence electrons. The molecule has 5 heterocycles. The fourth-order valence-electron chi connectivity index (χ4n) is 19.9. The number of nitrogens with zero attached hydrogens (tertiary/aromatic N) is 1. The zero-order valence-corrected chi connectivity index (χ0v) is 59.6. The third-order valence-electron chi connectivity index (χ3n) is 24.6. The summed E-state index contributed by atoms with van der Waals surface area (Å²) in [6.45, 7) is 4.40. The van der Waals surface area contributed by atoms with Crippen LogP contribution in [0.25, 0.3) is 10.8 Å². The number of hydrogen-bond donors (Lipinski definition) is 6. The van der Waals surface area contributed by atoms with E-state index < -0.39 is 62.6 Å². The number of nitrogens with two attached hydrogens (primary N) is 2. The number of ether oxygens (including phenoxy) is 2. The molecule has 10 bridgehead atoms. The molecule has 5 aliphatic carbocycles. The van der Waals surface area contributed by atoms with E-state index in [0.717, 1.165) is 76.6 Å². The normalized spacial score (nSPS) is 32.1. The number of allylic oxidation sites excluding steroid dienone is 3. The Kier molecular flexibility index (Phi) is 19.7. The molecular weight excluding hydrogens is 1250 g/mol. The average molecular weight is 1340 g/mol. The van der Waals surface area contributed by atoms with Crippen molar-refractivity contribution in [1.29, 1.82) is 0 Å². The summed E-state index contributed by atoms with van der Waals surface area (Å²) in [6.07, 6.45) is 15.3. The van der Waals surface area contributed by atoms with Crippen molar-refractivity contribution < 1.29 is 72.4 Å². The number of phenolic OH excluding ortho intramolecular Hbond substituents is 1. The number of aryl methyl sites for hydroxylation is 1. The molecule has 7 aromatic carbocycles. The zero-order chi connectivity index (χ0) is 66.9. The van der Waals surface area contributed by atoms with Gasteiger partial charge >= 0.3 is 29.6 Å². The summed E-state index contributed by atoms with van der Waals surface area (Å²) in [7, 11) is -4.98. The van der Waals surface area contributed by atoms with Crippen molar-refractivity contribution in [2.75, 3.05) is 6.61 Å². The summed E-state index contributed by atoms with van der Waals surface area (Å²) >= 11 is 0. The summed E-state index contributed by atoms with van der Waals surface area (Å²) in [5.41, 5.74) is 22.1. The fourth-order valence-corrected chi connectivity index (χ4v) is 21.0. The van der Waals surface area contributed by atoms with Gasteiger partial charge in [-0.15, -0.1) is 0 Å². The fraction of sp³-hybridized carbons (Fsp3) is 0.440. The number of aliphatic imine (C=N–C) groups is 1. The minimum absolute atomic E-state index is 0. The summed E-state index contributed by atoms with van der Waals surface area (Å²) in [6, 6.07) is 51.4. The quantitative estimate of drug-likeness (QED) is 0.0179. The maximum absolute atomic E-state index is 14.5. The van der Waals surface area contributed by atoms with Crippen molar-refractivity contribution in [3.8, 4) is 23.3 Å². The first-order valence-corrected chi connectivity index (χ1v) is 37.3. The number of guanidine groups is 1. The number of fused-ring (bicyclic) bond motifs is 10. The summed E-state index contributed by atoms with van der Waals surface area (Å²) in [5.74, 6) is 5.08. The predicted octanol–water partition coefficient (Wildman–Crippen LogP) is 11.9. The van der Waals surface area contributed by atoms with Crippen molar-refractivity contribution >= 4 is 26.9 Å². The molecule has 7 aromatic rings. The second-order valence-electron chi connectivity index (χ2n) is 30.5. The van der Waals surface area contributed by atoms with Crippen LogP contribution in [0.3, 0.4) is 0 Å². The minimum Gasteiger partial charge on any atom is -0.748 e. The maximum Gasteiger partial charge on any atom is 1.00 e. The monoisotopic (exact) mass is 1340 g/mol. The second kappa shape index (κ2) is 28.1. The van der Waals surface area contributed by atoms with Crippen molar-refractivity contribution in [2.45, 2.75) is 175 Å². The number of phenols is 1. The van der Waals surface area contributed by atoms with Crippen LogP contribution in [0.4, 0.5) is 0 Å². The summed E-state index contributed by atoms with van der Waals surface area (Å²) < 4.78 is 58.6. The molecule has 0 amide bonds. The van der Waals surface area contributed by atoms with Crippen LogP contribution in [0.5, 0.6) is 11.5 Å². The van der Waals surface area contributed by atoms with E-state index in [0.29, 0.717) is 92.9 Å². The average Bonchev–Trinajstić information content (AvgIpc) is 0.907. The van der Waals surface area contributed by atoms with Crippen molar-refractivity contribution in [1.82, 2.24) is 0 Å². The van der Waals surface area contributed by atoms with Crippen LogP contribution in [0.1, 0.15) is 194 Å². The Balaban J connectivity index is 0.00000821. The van der Waals surface area contributed by atoms with Crippen LogP contribution in [0.2, 0.25) is 0 Å². The predicted molar refractivity (Wildman–Crippen MR) is 379 cm³/mol. The SMILES string of the molecule is CC1CC=CC(c2ccc3ccccc3c2CC(O)c2ccc(C3CCC4CCC(C5(N=C(N)N)Oc6ccc7c(c6)CCC(C)C7CC(S(=O)(=O)[O-])C6C=C7CC(CC8CC(CO)CC#Cc9cc(O)ccc9C7O8)C6c6ccc5cc6)C(Cc5ccccc5)C4(O)C3)cc2)C1.[Na+]. The number of benzene rings is 7. The molecule has 0 radical (unpaired) electrons. The van der Waals surface area contributed by atoms with Crippen molar-refractivity contribution in [3.63, 3.8) is 0 Å². The van der Waals surface area contributed by atoms with E-state index in [9.17, 15) is 33.4 Å². The largest absolute Gasteiger partial charge is 1.00 e. The van der Waals surface area contributed by atoms with Gasteiger partial charge in [-0.05, 0) is 228 Å². The molecular formula is C84H92N3NaO9S. The zero-order valence-electron chi connectivity index (χ0n) is 56.8. The molecule has 18 atom stereocenters. The van der Waals surface area contributed by atoms with Crippen LogP contribution < -0.4 is 45.8 Å². The Hall–Kier alpha value is -6.54. The van der Waals surface area contributed by atoms with Gasteiger partial charge < -0.3 is 45.9 Å². The third kappa shape index (κ3) is 13.3. The number of hydrogen-bond acceptors (Lipinski definition) is 10. The number of rotatable bonds is 11. The van der Waals surface area contributed by atoms with Gasteiger partial charge in [0.15, 0.2) is 5.96 Å². The van der Waals surface area contributed by atoms with Gasteiger partial charge in [-0.1, -0.05) is 171 Å². The second-order valence-corrected chi connectivity index (χ2v) is 32.0. The van der Waals surface area contributed by atoms with E-state index in [-0.39, 0.29) is 95.9 Å². The van der Waals surface area contributed by atoms with E-state index in [1.807, 2.05) is 30.3 Å². The van der Waals surface area contributed by atoms with E-state index >= 15 is 0 Å². The van der Waals surface area contributed by atoms with Crippen LogP contribution in [-0.2, 0) is 39.8 Å². The van der Waals surface area contributed by atoms with Gasteiger partial charge in [0.25, 0.3) is 0 Å². The van der Waals surface area contributed by atoms with Crippen LogP contribution >= 0.6 is 0 Å². The van der Waals surface area contributed by atoms with E-state index in [2.05, 4.69) is 153 Å². The number of aliphatic hydroxyl groups is 3. The topological polar surface area (TPSA) is 221 Å². The molecule has 17 rings (SSSR count). The third-order valence-corrected chi connectivity index (χ3v) is 25.9. The Morgan fingerprint density at radius 2 is 1.57 bits per heavy atom. The Morgan fingerprint density at radius 3 is 2.35 bits per heavy atom. The first-order valence-electron chi connectivity index (χ1n) is 35.9. The number of aromatic hydroxyl groups is 1. The van der Waals surface area contributed by atoms with Gasteiger partial charge in [0.05, 0.1) is 33.2 Å². The molecule has 14 heteroatoms. The standard InChI is InChI=1S/C84H93N3O9S.Na/c1-50-10-8-15-58(38-50)71-34-27-55-14-6-7-17-69(55)74(71)46-78(90)56-22-20-54(21-23-56)61-26-28-64-31-37-76(77(83(64,91)48-61)40-52-11-4-3-5-12-52)84(87-82(85)86)65-29-24-57(25-30-65)80-62-41-63(81-72-35-32-66(89)42-59(72)16-9-13-53(49-88)39-68(44-62)95-81)45-75(80)79(97(92,93)94)47-73-51(2)18-19-60-43-67(96-84)33-36-70(60)73;/h3-8,11-12,14-15,17,20-25,27,29-30,32-36,42-43,45,50-51,53,58,61-62,64,68,73,75-81,88-91H,10,13,18-19,26,28,31,37-41,44,46-49H2,1-2H3,(H4,85,86,87)(H,92,93,94);/q;+1/p-1. The van der Waals surface area contributed by atoms with Gasteiger partial charge in [0.2, 0.25) is 5.72 Å². The molecule has 98 heavy (non-hydrogen) atoms. The Bertz CT molecular complexity index is 4350. The Morgan fingerprint density at radius 1 is 0.816 bits per heavy atom. The summed E-state index contributed by atoms with van der Waals surface area (Å²) in [4.78, 5) is 5.39. The molecule has 5 aliphatic heterocycles. The van der Waals surface area contributed by atoms with Gasteiger partial charge in [0, 0.05) is 53.9 Å². The number of aliphatic hydroxyl groups excluding tert-OH is 2. The van der Waals surface area contributed by atoms with Crippen molar-refractivity contribution in [2.24, 2.45) is 63.8 Å². The molecule has 10 aliphatic rings. The molecule has 18 unspecified atom stereocenters. The molecule has 0 aromatic heterocycles. The molecule has 3 fully saturated rings. The smallest absolute Gasteiger partial charge is 0.748 e. The molecule has 1 saturated heterocycles. The van der Waals surface area contributed by atoms with Gasteiger partial charge in [-0.25, -0.2) is 13.4 Å². The molecule has 2 saturated carbocycles. The molecule has 8 N–H and O–H groups in total. The van der Waals surface area contributed by atoms with Crippen molar-refractivity contribution in [3.05, 3.63) is 237 Å². The van der Waals surface area contributed by atoms with Crippen LogP contribution in [0.15, 0.2) is 180 Å². The van der Waals surface area contributed by atoms with E-state index in [1.165, 1.54) is 21.9 Å². The maximum atomic E-state index is 14.5. The molecule has 12 nitrogen and oxygen atoms in total.